The van der Waals surface area contributed by atoms with E-state index in [9.17, 15) is 4.79 Å². The largest absolute Gasteiger partial charge is 0.465 e. The molecule has 7 nitrogen and oxygen atoms in total. The molecule has 0 saturated carbocycles. The molecule has 0 aliphatic carbocycles. The number of methoxy groups -OCH3 is 1. The van der Waals surface area contributed by atoms with Gasteiger partial charge in [0.1, 0.15) is 5.82 Å². The van der Waals surface area contributed by atoms with Crippen molar-refractivity contribution in [1.82, 2.24) is 15.0 Å². The molecule has 0 spiro atoms. The number of anilines is 3. The maximum atomic E-state index is 11.6. The Balaban J connectivity index is 1.74. The summed E-state index contributed by atoms with van der Waals surface area (Å²) in [6.45, 7) is 2.51. The summed E-state index contributed by atoms with van der Waals surface area (Å²) in [4.78, 5) is 24.6. The average Bonchev–Trinajstić information content (AvgIpc) is 2.66. The van der Waals surface area contributed by atoms with Crippen LogP contribution in [0.25, 0.3) is 0 Å². The zero-order chi connectivity index (χ0) is 18.4. The van der Waals surface area contributed by atoms with Crippen LogP contribution in [-0.2, 0) is 11.3 Å². The standard InChI is InChI=1S/C19H19N5O2/c1-13-9-17(21-12-14-5-4-8-20-11-14)24-19(22-13)23-16-7-3-6-15(10-16)18(25)26-2/h3-11H,12H2,1-2H3,(H2,21,22,23,24). The van der Waals surface area contributed by atoms with Crippen molar-refractivity contribution in [3.8, 4) is 0 Å². The number of ether oxygens (including phenoxy) is 1. The molecule has 3 rings (SSSR count). The predicted molar refractivity (Wildman–Crippen MR) is 99.4 cm³/mol. The van der Waals surface area contributed by atoms with Crippen LogP contribution in [0.1, 0.15) is 21.6 Å². The van der Waals surface area contributed by atoms with E-state index in [4.69, 9.17) is 4.74 Å². The van der Waals surface area contributed by atoms with Gasteiger partial charge < -0.3 is 15.4 Å². The van der Waals surface area contributed by atoms with Crippen LogP contribution in [0.3, 0.4) is 0 Å². The second-order valence-corrected chi connectivity index (χ2v) is 5.63. The van der Waals surface area contributed by atoms with Gasteiger partial charge in [-0.3, -0.25) is 4.98 Å². The Morgan fingerprint density at radius 1 is 1.15 bits per heavy atom. The van der Waals surface area contributed by atoms with Crippen molar-refractivity contribution >= 4 is 23.4 Å². The normalized spacial score (nSPS) is 10.2. The summed E-state index contributed by atoms with van der Waals surface area (Å²) >= 11 is 0. The maximum absolute atomic E-state index is 11.6. The van der Waals surface area contributed by atoms with Gasteiger partial charge in [0.2, 0.25) is 5.95 Å². The number of hydrogen-bond acceptors (Lipinski definition) is 7. The number of nitrogens with zero attached hydrogens (tertiary/aromatic N) is 3. The SMILES string of the molecule is COC(=O)c1cccc(Nc2nc(C)cc(NCc3cccnc3)n2)c1. The van der Waals surface area contributed by atoms with Crippen molar-refractivity contribution in [3.63, 3.8) is 0 Å². The third-order valence-corrected chi connectivity index (χ3v) is 3.59. The Morgan fingerprint density at radius 3 is 2.81 bits per heavy atom. The summed E-state index contributed by atoms with van der Waals surface area (Å²) in [6, 6.07) is 12.7. The second kappa shape index (κ2) is 8.06. The monoisotopic (exact) mass is 349 g/mol. The van der Waals surface area contributed by atoms with Crippen LogP contribution < -0.4 is 10.6 Å². The molecule has 0 amide bonds. The van der Waals surface area contributed by atoms with Gasteiger partial charge in [0, 0.05) is 36.4 Å². The predicted octanol–water partition coefficient (Wildman–Crippen LogP) is 3.32. The molecule has 3 aromatic rings. The molecular formula is C19H19N5O2. The Morgan fingerprint density at radius 2 is 2.04 bits per heavy atom. The van der Waals surface area contributed by atoms with Crippen LogP contribution in [0.4, 0.5) is 17.5 Å². The minimum absolute atomic E-state index is 0.391. The van der Waals surface area contributed by atoms with Crippen LogP contribution in [0.2, 0.25) is 0 Å². The van der Waals surface area contributed by atoms with Crippen molar-refractivity contribution in [3.05, 3.63) is 71.7 Å². The highest BCUT2D eigenvalue weighted by Crippen LogP contribution is 2.18. The Bertz CT molecular complexity index is 899. The number of rotatable bonds is 6. The van der Waals surface area contributed by atoms with Gasteiger partial charge in [-0.05, 0) is 36.8 Å². The Labute approximate surface area is 151 Å². The lowest BCUT2D eigenvalue weighted by Crippen LogP contribution is -2.06. The summed E-state index contributed by atoms with van der Waals surface area (Å²) in [5.41, 5.74) is 3.04. The number of aromatic nitrogens is 3. The van der Waals surface area contributed by atoms with Gasteiger partial charge in [0.05, 0.1) is 12.7 Å². The lowest BCUT2D eigenvalue weighted by Gasteiger charge is -2.10. The van der Waals surface area contributed by atoms with E-state index in [1.165, 1.54) is 7.11 Å². The third kappa shape index (κ3) is 4.54. The molecule has 0 atom stereocenters. The van der Waals surface area contributed by atoms with E-state index in [-0.39, 0.29) is 0 Å². The van der Waals surface area contributed by atoms with E-state index in [2.05, 4.69) is 25.6 Å². The van der Waals surface area contributed by atoms with Crippen molar-refractivity contribution in [2.24, 2.45) is 0 Å². The fourth-order valence-electron chi connectivity index (χ4n) is 2.38. The molecule has 0 fully saturated rings. The highest BCUT2D eigenvalue weighted by atomic mass is 16.5. The molecule has 0 radical (unpaired) electrons. The molecule has 0 bridgehead atoms. The first kappa shape index (κ1) is 17.3. The molecule has 2 heterocycles. The van der Waals surface area contributed by atoms with Crippen LogP contribution in [0.15, 0.2) is 54.9 Å². The van der Waals surface area contributed by atoms with Gasteiger partial charge in [-0.15, -0.1) is 0 Å². The first-order valence-electron chi connectivity index (χ1n) is 8.08. The lowest BCUT2D eigenvalue weighted by molar-refractivity contribution is 0.0601. The van der Waals surface area contributed by atoms with Gasteiger partial charge in [-0.2, -0.15) is 4.98 Å². The first-order chi connectivity index (χ1) is 12.6. The van der Waals surface area contributed by atoms with Gasteiger partial charge in [0.25, 0.3) is 0 Å². The summed E-state index contributed by atoms with van der Waals surface area (Å²) < 4.78 is 4.74. The van der Waals surface area contributed by atoms with Crippen LogP contribution in [0.5, 0.6) is 0 Å². The van der Waals surface area contributed by atoms with Crippen molar-refractivity contribution < 1.29 is 9.53 Å². The van der Waals surface area contributed by atoms with Crippen molar-refractivity contribution in [1.29, 1.82) is 0 Å². The summed E-state index contributed by atoms with van der Waals surface area (Å²) in [5.74, 6) is 0.756. The Hall–Kier alpha value is -3.48. The number of esters is 1. The minimum atomic E-state index is -0.391. The van der Waals surface area contributed by atoms with E-state index in [1.54, 1.807) is 30.6 Å². The van der Waals surface area contributed by atoms with Gasteiger partial charge in [-0.1, -0.05) is 12.1 Å². The van der Waals surface area contributed by atoms with Crippen LogP contribution >= 0.6 is 0 Å². The van der Waals surface area contributed by atoms with E-state index in [1.807, 2.05) is 31.2 Å². The number of nitrogens with one attached hydrogen (secondary N) is 2. The molecule has 0 aliphatic rings. The number of aryl methyl sites for hydroxylation is 1. The van der Waals surface area contributed by atoms with E-state index in [0.717, 1.165) is 11.3 Å². The topological polar surface area (TPSA) is 89.0 Å². The summed E-state index contributed by atoms with van der Waals surface area (Å²) in [5, 5.41) is 6.38. The average molecular weight is 349 g/mol. The van der Waals surface area contributed by atoms with Crippen molar-refractivity contribution in [2.45, 2.75) is 13.5 Å². The number of benzene rings is 1. The molecule has 1 aromatic carbocycles. The number of pyridine rings is 1. The molecule has 2 aromatic heterocycles. The van der Waals surface area contributed by atoms with Gasteiger partial charge >= 0.3 is 5.97 Å². The first-order valence-corrected chi connectivity index (χ1v) is 8.08. The molecule has 0 saturated heterocycles. The number of carbonyl (C=O) groups is 1. The molecule has 0 aliphatic heterocycles. The summed E-state index contributed by atoms with van der Waals surface area (Å²) in [6.07, 6.45) is 3.54. The third-order valence-electron chi connectivity index (χ3n) is 3.59. The van der Waals surface area contributed by atoms with Crippen molar-refractivity contribution in [2.75, 3.05) is 17.7 Å². The van der Waals surface area contributed by atoms with Crippen LogP contribution in [-0.4, -0.2) is 28.0 Å². The quantitative estimate of drug-likeness (QED) is 0.660. The zero-order valence-electron chi connectivity index (χ0n) is 14.6. The van der Waals surface area contributed by atoms with E-state index < -0.39 is 5.97 Å². The second-order valence-electron chi connectivity index (χ2n) is 5.63. The van der Waals surface area contributed by atoms with E-state index >= 15 is 0 Å². The van der Waals surface area contributed by atoms with Gasteiger partial charge in [0.15, 0.2) is 0 Å². The number of hydrogen-bond donors (Lipinski definition) is 2. The van der Waals surface area contributed by atoms with E-state index in [0.29, 0.717) is 29.6 Å². The molecule has 0 unspecified atom stereocenters. The molecule has 132 valence electrons. The molecule has 7 heteroatoms. The number of carbonyl (C=O) groups excluding carboxylic acids is 1. The lowest BCUT2D eigenvalue weighted by atomic mass is 10.2. The molecular weight excluding hydrogens is 330 g/mol. The summed E-state index contributed by atoms with van der Waals surface area (Å²) in [7, 11) is 1.35. The fourth-order valence-corrected chi connectivity index (χ4v) is 2.38. The Kier molecular flexibility index (Phi) is 5.38. The molecule has 26 heavy (non-hydrogen) atoms. The van der Waals surface area contributed by atoms with Gasteiger partial charge in [-0.25, -0.2) is 9.78 Å². The molecule has 2 N–H and O–H groups in total. The maximum Gasteiger partial charge on any atom is 0.337 e. The van der Waals surface area contributed by atoms with Crippen LogP contribution in [0, 0.1) is 6.92 Å². The fraction of sp³-hybridized carbons (Fsp3) is 0.158. The highest BCUT2D eigenvalue weighted by molar-refractivity contribution is 5.90. The highest BCUT2D eigenvalue weighted by Gasteiger charge is 2.07. The minimum Gasteiger partial charge on any atom is -0.465 e. The smallest absolute Gasteiger partial charge is 0.337 e. The zero-order valence-corrected chi connectivity index (χ0v) is 14.6.